The molecule has 1 N–H and O–H groups in total. The highest BCUT2D eigenvalue weighted by molar-refractivity contribution is 6.02. The predicted molar refractivity (Wildman–Crippen MR) is 56.6 cm³/mol. The summed E-state index contributed by atoms with van der Waals surface area (Å²) in [5, 5.41) is 14.8. The second kappa shape index (κ2) is 3.73. The van der Waals surface area contributed by atoms with E-state index < -0.39 is 0 Å². The van der Waals surface area contributed by atoms with Crippen molar-refractivity contribution in [1.82, 2.24) is 5.01 Å². The van der Waals surface area contributed by atoms with Crippen molar-refractivity contribution in [2.24, 2.45) is 5.10 Å². The van der Waals surface area contributed by atoms with Crippen LogP contribution in [0.25, 0.3) is 0 Å². The van der Waals surface area contributed by atoms with E-state index in [0.29, 0.717) is 6.54 Å². The van der Waals surface area contributed by atoms with Crippen LogP contribution in [0.15, 0.2) is 29.4 Å². The van der Waals surface area contributed by atoms with Crippen molar-refractivity contribution < 1.29 is 9.90 Å². The molecule has 15 heavy (non-hydrogen) atoms. The van der Waals surface area contributed by atoms with E-state index in [0.717, 1.165) is 17.7 Å². The molecule has 0 atom stereocenters. The minimum atomic E-state index is -0.0382. The van der Waals surface area contributed by atoms with Gasteiger partial charge in [-0.3, -0.25) is 4.79 Å². The molecule has 0 radical (unpaired) electrons. The Morgan fingerprint density at radius 1 is 1.40 bits per heavy atom. The number of nitrogens with zero attached hydrogens (tertiary/aromatic N) is 2. The van der Waals surface area contributed by atoms with Crippen LogP contribution in [0.5, 0.6) is 5.75 Å². The fourth-order valence-corrected chi connectivity index (χ4v) is 1.54. The van der Waals surface area contributed by atoms with Crippen molar-refractivity contribution in [3.05, 3.63) is 29.8 Å². The Morgan fingerprint density at radius 3 is 2.60 bits per heavy atom. The van der Waals surface area contributed by atoms with Gasteiger partial charge in [-0.1, -0.05) is 0 Å². The molecule has 1 aromatic carbocycles. The van der Waals surface area contributed by atoms with Gasteiger partial charge < -0.3 is 5.11 Å². The quantitative estimate of drug-likeness (QED) is 0.750. The van der Waals surface area contributed by atoms with E-state index in [9.17, 15) is 4.79 Å². The van der Waals surface area contributed by atoms with E-state index in [1.807, 2.05) is 0 Å². The maximum atomic E-state index is 11.1. The van der Waals surface area contributed by atoms with Gasteiger partial charge >= 0.3 is 0 Å². The van der Waals surface area contributed by atoms with Gasteiger partial charge in [0.1, 0.15) is 5.75 Å². The molecule has 0 saturated carbocycles. The van der Waals surface area contributed by atoms with Crippen LogP contribution in [0, 0.1) is 0 Å². The first-order chi connectivity index (χ1) is 7.16. The number of hydrogen-bond donors (Lipinski definition) is 1. The standard InChI is InChI=1S/C11H12N2O2/c1-8(14)13-7-6-11(12-13)9-2-4-10(15)5-3-9/h2-5,15H,6-7H2,1H3. The Kier molecular flexibility index (Phi) is 2.41. The Bertz CT molecular complexity index is 409. The van der Waals surface area contributed by atoms with Gasteiger partial charge in [-0.05, 0) is 29.8 Å². The van der Waals surface area contributed by atoms with Crippen LogP contribution >= 0.6 is 0 Å². The maximum Gasteiger partial charge on any atom is 0.239 e. The number of phenols is 1. The van der Waals surface area contributed by atoms with E-state index in [2.05, 4.69) is 5.10 Å². The van der Waals surface area contributed by atoms with E-state index in [4.69, 9.17) is 5.11 Å². The summed E-state index contributed by atoms with van der Waals surface area (Å²) in [5.41, 5.74) is 1.85. The fraction of sp³-hybridized carbons (Fsp3) is 0.273. The molecular weight excluding hydrogens is 192 g/mol. The topological polar surface area (TPSA) is 52.9 Å². The van der Waals surface area contributed by atoms with Crippen LogP contribution in [-0.4, -0.2) is 28.3 Å². The second-order valence-electron chi connectivity index (χ2n) is 3.49. The third kappa shape index (κ3) is 1.98. The molecule has 78 valence electrons. The molecular formula is C11H12N2O2. The van der Waals surface area contributed by atoms with E-state index >= 15 is 0 Å². The Morgan fingerprint density at radius 2 is 2.07 bits per heavy atom. The Balaban J connectivity index is 2.22. The molecule has 0 aromatic heterocycles. The molecule has 0 aliphatic carbocycles. The summed E-state index contributed by atoms with van der Waals surface area (Å²) in [4.78, 5) is 11.1. The van der Waals surface area contributed by atoms with Crippen LogP contribution < -0.4 is 0 Å². The first-order valence-corrected chi connectivity index (χ1v) is 4.82. The van der Waals surface area contributed by atoms with Crippen molar-refractivity contribution in [2.75, 3.05) is 6.54 Å². The third-order valence-corrected chi connectivity index (χ3v) is 2.37. The van der Waals surface area contributed by atoms with Gasteiger partial charge in [0.2, 0.25) is 5.91 Å². The van der Waals surface area contributed by atoms with Crippen LogP contribution in [0.3, 0.4) is 0 Å². The number of carbonyl (C=O) groups excluding carboxylic acids is 1. The molecule has 2 rings (SSSR count). The van der Waals surface area contributed by atoms with Crippen molar-refractivity contribution >= 4 is 11.6 Å². The molecule has 0 saturated heterocycles. The van der Waals surface area contributed by atoms with Gasteiger partial charge in [0.25, 0.3) is 0 Å². The van der Waals surface area contributed by atoms with E-state index in [1.165, 1.54) is 11.9 Å². The van der Waals surface area contributed by atoms with Gasteiger partial charge in [0, 0.05) is 13.3 Å². The Labute approximate surface area is 87.8 Å². The summed E-state index contributed by atoms with van der Waals surface area (Å²) in [6.45, 7) is 2.15. The second-order valence-corrected chi connectivity index (χ2v) is 3.49. The average Bonchev–Trinajstić information content (AvgIpc) is 2.68. The lowest BCUT2D eigenvalue weighted by Gasteiger charge is -2.05. The van der Waals surface area contributed by atoms with Crippen molar-refractivity contribution in [3.63, 3.8) is 0 Å². The lowest BCUT2D eigenvalue weighted by molar-refractivity contribution is -0.128. The number of rotatable bonds is 1. The molecule has 1 aliphatic heterocycles. The van der Waals surface area contributed by atoms with E-state index in [-0.39, 0.29) is 11.7 Å². The zero-order chi connectivity index (χ0) is 10.8. The third-order valence-electron chi connectivity index (χ3n) is 2.37. The number of amides is 1. The summed E-state index contributed by atoms with van der Waals surface area (Å²) in [7, 11) is 0. The first-order valence-electron chi connectivity index (χ1n) is 4.82. The SMILES string of the molecule is CC(=O)N1CCC(c2ccc(O)cc2)=N1. The van der Waals surface area contributed by atoms with Gasteiger partial charge in [0.15, 0.2) is 0 Å². The number of benzene rings is 1. The van der Waals surface area contributed by atoms with Crippen molar-refractivity contribution in [3.8, 4) is 5.75 Å². The minimum absolute atomic E-state index is 0.0382. The van der Waals surface area contributed by atoms with Crippen molar-refractivity contribution in [2.45, 2.75) is 13.3 Å². The fourth-order valence-electron chi connectivity index (χ4n) is 1.54. The number of carbonyl (C=O) groups is 1. The zero-order valence-corrected chi connectivity index (χ0v) is 8.47. The lowest BCUT2D eigenvalue weighted by atomic mass is 10.1. The van der Waals surface area contributed by atoms with Crippen LogP contribution in [0.4, 0.5) is 0 Å². The van der Waals surface area contributed by atoms with Crippen molar-refractivity contribution in [1.29, 1.82) is 0 Å². The maximum absolute atomic E-state index is 11.1. The van der Waals surface area contributed by atoms with Gasteiger partial charge in [-0.15, -0.1) is 0 Å². The summed E-state index contributed by atoms with van der Waals surface area (Å²) in [5.74, 6) is 0.199. The molecule has 0 bridgehead atoms. The predicted octanol–water partition coefficient (Wildman–Crippen LogP) is 1.35. The van der Waals surface area contributed by atoms with Gasteiger partial charge in [-0.2, -0.15) is 5.10 Å². The summed E-state index contributed by atoms with van der Waals surface area (Å²) < 4.78 is 0. The smallest absolute Gasteiger partial charge is 0.239 e. The summed E-state index contributed by atoms with van der Waals surface area (Å²) in [6, 6.07) is 6.85. The molecule has 1 aliphatic rings. The lowest BCUT2D eigenvalue weighted by Crippen LogP contribution is -2.19. The van der Waals surface area contributed by atoms with Crippen LogP contribution in [0.1, 0.15) is 18.9 Å². The summed E-state index contributed by atoms with van der Waals surface area (Å²) >= 11 is 0. The molecule has 1 amide bonds. The van der Waals surface area contributed by atoms with Crippen LogP contribution in [0.2, 0.25) is 0 Å². The molecule has 4 heteroatoms. The van der Waals surface area contributed by atoms with E-state index in [1.54, 1.807) is 24.3 Å². The molecule has 1 aromatic rings. The number of hydrazone groups is 1. The van der Waals surface area contributed by atoms with Crippen LogP contribution in [-0.2, 0) is 4.79 Å². The first kappa shape index (κ1) is 9.71. The molecule has 0 unspecified atom stereocenters. The highest BCUT2D eigenvalue weighted by Crippen LogP contribution is 2.16. The molecule has 4 nitrogen and oxygen atoms in total. The molecule has 1 heterocycles. The average molecular weight is 204 g/mol. The Hall–Kier alpha value is -1.84. The van der Waals surface area contributed by atoms with Gasteiger partial charge in [-0.25, -0.2) is 5.01 Å². The summed E-state index contributed by atoms with van der Waals surface area (Å²) in [6.07, 6.45) is 0.768. The van der Waals surface area contributed by atoms with Gasteiger partial charge in [0.05, 0.1) is 12.3 Å². The number of phenolic OH excluding ortho intramolecular Hbond substituents is 1. The number of hydrogen-bond acceptors (Lipinski definition) is 3. The highest BCUT2D eigenvalue weighted by atomic mass is 16.3. The normalized spacial score (nSPS) is 15.3. The number of aromatic hydroxyl groups is 1. The molecule has 0 fully saturated rings. The minimum Gasteiger partial charge on any atom is -0.508 e. The molecule has 0 spiro atoms. The largest absolute Gasteiger partial charge is 0.508 e. The monoisotopic (exact) mass is 204 g/mol. The highest BCUT2D eigenvalue weighted by Gasteiger charge is 2.18. The zero-order valence-electron chi connectivity index (χ0n) is 8.47.